The molecule has 0 aromatic heterocycles. The summed E-state index contributed by atoms with van der Waals surface area (Å²) in [5.41, 5.74) is 3.46. The minimum Gasteiger partial charge on any atom is -0.445 e. The van der Waals surface area contributed by atoms with Crippen molar-refractivity contribution >= 4 is 23.9 Å². The predicted octanol–water partition coefficient (Wildman–Crippen LogP) is 6.39. The van der Waals surface area contributed by atoms with Crippen molar-refractivity contribution in [3.05, 3.63) is 133 Å². The monoisotopic (exact) mass is 566 g/mol. The fourth-order valence-electron chi connectivity index (χ4n) is 4.88. The molecule has 6 nitrogen and oxygen atoms in total. The van der Waals surface area contributed by atoms with Crippen LogP contribution in [0.15, 0.2) is 116 Å². The Labute approximate surface area is 246 Å². The van der Waals surface area contributed by atoms with E-state index in [4.69, 9.17) is 9.47 Å². The van der Waals surface area contributed by atoms with Gasteiger partial charge < -0.3 is 14.8 Å². The van der Waals surface area contributed by atoms with E-state index in [0.717, 1.165) is 16.7 Å². The van der Waals surface area contributed by atoms with E-state index in [1.807, 2.05) is 30.0 Å². The molecule has 1 saturated heterocycles. The van der Waals surface area contributed by atoms with Gasteiger partial charge in [-0.2, -0.15) is 0 Å². The maximum atomic E-state index is 13.1. The lowest BCUT2D eigenvalue weighted by Crippen LogP contribution is -2.36. The molecule has 2 atom stereocenters. The standard InChI is InChI=1S/C34H34N2O4S/c1-3-23-39-32(37)35-22-14-21-30-25-31(26-36(30)33(38)40-24-4-2)41-34(27-15-8-5-9-16-27,28-17-10-6-11-18-28)29-19-12-7-13-20-29/h3-13,15-20,30-31H,1-2,22-26H2,(H,35,37)/t30-,31+/m1/s1. The number of hydrogen-bond acceptors (Lipinski definition) is 5. The Morgan fingerprint density at radius 3 is 1.90 bits per heavy atom. The molecular weight excluding hydrogens is 532 g/mol. The van der Waals surface area contributed by atoms with Crippen LogP contribution < -0.4 is 5.32 Å². The summed E-state index contributed by atoms with van der Waals surface area (Å²) in [4.78, 5) is 26.5. The number of rotatable bonds is 10. The van der Waals surface area contributed by atoms with E-state index in [0.29, 0.717) is 13.0 Å². The number of amides is 2. The summed E-state index contributed by atoms with van der Waals surface area (Å²) >= 11 is 1.82. The molecular formula is C34H34N2O4S. The highest BCUT2D eigenvalue weighted by atomic mass is 32.2. The summed E-state index contributed by atoms with van der Waals surface area (Å²) in [6, 6.07) is 31.0. The Morgan fingerprint density at radius 2 is 1.39 bits per heavy atom. The van der Waals surface area contributed by atoms with Gasteiger partial charge in [0.2, 0.25) is 0 Å². The normalized spacial score (nSPS) is 16.1. The molecule has 1 aliphatic rings. The average molecular weight is 567 g/mol. The van der Waals surface area contributed by atoms with E-state index >= 15 is 0 Å². The summed E-state index contributed by atoms with van der Waals surface area (Å²) in [5, 5.41) is 2.64. The summed E-state index contributed by atoms with van der Waals surface area (Å²) in [7, 11) is 0. The van der Waals surface area contributed by atoms with Gasteiger partial charge in [-0.3, -0.25) is 4.90 Å². The van der Waals surface area contributed by atoms with Crippen molar-refractivity contribution in [3.63, 3.8) is 0 Å². The minimum absolute atomic E-state index is 0.0386. The second-order valence-electron chi connectivity index (χ2n) is 9.35. The number of nitrogens with zero attached hydrogens (tertiary/aromatic N) is 1. The fraction of sp³-hybridized carbons (Fsp3) is 0.235. The first-order chi connectivity index (χ1) is 20.1. The number of likely N-dealkylation sites (tertiary alicyclic amines) is 1. The van der Waals surface area contributed by atoms with Gasteiger partial charge in [0.25, 0.3) is 0 Å². The van der Waals surface area contributed by atoms with Crippen molar-refractivity contribution in [2.45, 2.75) is 22.5 Å². The van der Waals surface area contributed by atoms with Gasteiger partial charge in [0.05, 0.1) is 17.3 Å². The molecule has 1 fully saturated rings. The molecule has 1 heterocycles. The molecule has 0 unspecified atom stereocenters. The Balaban J connectivity index is 1.66. The molecule has 41 heavy (non-hydrogen) atoms. The average Bonchev–Trinajstić information content (AvgIpc) is 3.43. The number of thioether (sulfide) groups is 1. The van der Waals surface area contributed by atoms with E-state index in [1.165, 1.54) is 6.08 Å². The highest BCUT2D eigenvalue weighted by Gasteiger charge is 2.44. The lowest BCUT2D eigenvalue weighted by Gasteiger charge is -2.37. The van der Waals surface area contributed by atoms with Gasteiger partial charge in [0, 0.05) is 11.8 Å². The van der Waals surface area contributed by atoms with Gasteiger partial charge in [-0.1, -0.05) is 128 Å². The van der Waals surface area contributed by atoms with E-state index in [2.05, 4.69) is 103 Å². The summed E-state index contributed by atoms with van der Waals surface area (Å²) in [6.07, 6.45) is 2.67. The predicted molar refractivity (Wildman–Crippen MR) is 165 cm³/mol. The SMILES string of the molecule is C=CCOC(=O)NCC#C[C@@H]1C[C@H](SC(c2ccccc2)(c2ccccc2)c2ccccc2)CN1C(=O)OCC=C. The number of nitrogens with one attached hydrogen (secondary N) is 1. The molecule has 0 aliphatic carbocycles. The topological polar surface area (TPSA) is 67.9 Å². The van der Waals surface area contributed by atoms with E-state index in [1.54, 1.807) is 11.0 Å². The molecule has 0 radical (unpaired) electrons. The van der Waals surface area contributed by atoms with Gasteiger partial charge >= 0.3 is 12.2 Å². The van der Waals surface area contributed by atoms with Crippen molar-refractivity contribution in [1.82, 2.24) is 10.2 Å². The maximum Gasteiger partial charge on any atom is 0.411 e. The van der Waals surface area contributed by atoms with Crippen LogP contribution in [0.3, 0.4) is 0 Å². The van der Waals surface area contributed by atoms with Crippen molar-refractivity contribution in [2.75, 3.05) is 26.3 Å². The smallest absolute Gasteiger partial charge is 0.411 e. The molecule has 2 amide bonds. The third-order valence-electron chi connectivity index (χ3n) is 6.63. The first-order valence-corrected chi connectivity index (χ1v) is 14.3. The highest BCUT2D eigenvalue weighted by Crippen LogP contribution is 2.52. The number of alkyl carbamates (subject to hydrolysis) is 1. The Morgan fingerprint density at radius 1 is 0.878 bits per heavy atom. The van der Waals surface area contributed by atoms with Crippen LogP contribution in [0.4, 0.5) is 9.59 Å². The Kier molecular flexibility index (Phi) is 10.7. The van der Waals surface area contributed by atoms with Crippen LogP contribution >= 0.6 is 11.8 Å². The van der Waals surface area contributed by atoms with Gasteiger partial charge in [-0.15, -0.1) is 11.8 Å². The molecule has 210 valence electrons. The van der Waals surface area contributed by atoms with Crippen molar-refractivity contribution in [1.29, 1.82) is 0 Å². The van der Waals surface area contributed by atoms with E-state index in [-0.39, 0.29) is 31.1 Å². The van der Waals surface area contributed by atoms with Gasteiger partial charge in [-0.25, -0.2) is 9.59 Å². The van der Waals surface area contributed by atoms with Crippen molar-refractivity contribution < 1.29 is 19.1 Å². The molecule has 0 saturated carbocycles. The highest BCUT2D eigenvalue weighted by molar-refractivity contribution is 8.01. The third-order valence-corrected chi connectivity index (χ3v) is 8.36. The first-order valence-electron chi connectivity index (χ1n) is 13.5. The lowest BCUT2D eigenvalue weighted by atomic mass is 9.84. The van der Waals surface area contributed by atoms with Gasteiger partial charge in [0.1, 0.15) is 13.2 Å². The molecule has 7 heteroatoms. The quantitative estimate of drug-likeness (QED) is 0.175. The van der Waals surface area contributed by atoms with E-state index in [9.17, 15) is 9.59 Å². The van der Waals surface area contributed by atoms with Gasteiger partial charge in [0.15, 0.2) is 0 Å². The number of hydrogen-bond donors (Lipinski definition) is 1. The minimum atomic E-state index is -0.570. The zero-order valence-electron chi connectivity index (χ0n) is 22.9. The molecule has 4 rings (SSSR count). The molecule has 0 bridgehead atoms. The Hall–Kier alpha value is -4.41. The fourth-order valence-corrected chi connectivity index (χ4v) is 6.71. The summed E-state index contributed by atoms with van der Waals surface area (Å²) in [5.74, 6) is 6.17. The van der Waals surface area contributed by atoms with Crippen LogP contribution in [-0.2, 0) is 14.2 Å². The lowest BCUT2D eigenvalue weighted by molar-refractivity contribution is 0.115. The van der Waals surface area contributed by atoms with Crippen LogP contribution in [0.2, 0.25) is 0 Å². The van der Waals surface area contributed by atoms with Crippen LogP contribution in [-0.4, -0.2) is 54.7 Å². The van der Waals surface area contributed by atoms with Crippen LogP contribution in [0.25, 0.3) is 0 Å². The zero-order chi connectivity index (χ0) is 28.9. The van der Waals surface area contributed by atoms with Crippen molar-refractivity contribution in [3.8, 4) is 11.8 Å². The van der Waals surface area contributed by atoms with Crippen LogP contribution in [0, 0.1) is 11.8 Å². The summed E-state index contributed by atoms with van der Waals surface area (Å²) < 4.78 is 9.83. The molecule has 0 spiro atoms. The molecule has 1 N–H and O–H groups in total. The van der Waals surface area contributed by atoms with Gasteiger partial charge in [-0.05, 0) is 23.1 Å². The number of carbonyl (C=O) groups is 2. The first kappa shape index (κ1) is 29.6. The van der Waals surface area contributed by atoms with Crippen LogP contribution in [0.5, 0.6) is 0 Å². The van der Waals surface area contributed by atoms with Crippen molar-refractivity contribution in [2.24, 2.45) is 0 Å². The second kappa shape index (κ2) is 14.8. The number of carbonyl (C=O) groups excluding carboxylic acids is 2. The molecule has 1 aliphatic heterocycles. The zero-order valence-corrected chi connectivity index (χ0v) is 23.7. The number of benzene rings is 3. The second-order valence-corrected chi connectivity index (χ2v) is 10.9. The van der Waals surface area contributed by atoms with E-state index < -0.39 is 16.9 Å². The molecule has 3 aromatic rings. The molecule has 3 aromatic carbocycles. The summed E-state index contributed by atoms with van der Waals surface area (Å²) in [6.45, 7) is 7.98. The third kappa shape index (κ3) is 7.41. The van der Waals surface area contributed by atoms with Crippen LogP contribution in [0.1, 0.15) is 23.1 Å². The largest absolute Gasteiger partial charge is 0.445 e. The Bertz CT molecular complexity index is 1270. The number of ether oxygens (including phenoxy) is 2. The maximum absolute atomic E-state index is 13.1.